The second-order valence-electron chi connectivity index (χ2n) is 4.92. The maximum Gasteiger partial charge on any atom is 0.442 e. The predicted molar refractivity (Wildman–Crippen MR) is 67.4 cm³/mol. The first-order valence-corrected chi connectivity index (χ1v) is 7.34. The molecule has 1 aromatic rings. The Balaban J connectivity index is 3.25. The van der Waals surface area contributed by atoms with Crippen LogP contribution in [-0.2, 0) is 14.5 Å². The van der Waals surface area contributed by atoms with Crippen molar-refractivity contribution in [3.8, 4) is 0 Å². The molecule has 1 aromatic carbocycles. The Hall–Kier alpha value is -1.50. The largest absolute Gasteiger partial charge is 0.442 e. The molecule has 7 heteroatoms. The van der Waals surface area contributed by atoms with Crippen molar-refractivity contribution in [3.05, 3.63) is 29.8 Å². The molecule has 0 spiro atoms. The molecular weight excluding hydrogens is 276 g/mol. The van der Waals surface area contributed by atoms with Crippen molar-refractivity contribution in [2.45, 2.75) is 31.3 Å². The highest BCUT2D eigenvalue weighted by molar-refractivity contribution is 7.93. The average Bonchev–Trinajstić information content (AvgIpc) is 2.11. The number of amides is 1. The van der Waals surface area contributed by atoms with E-state index in [0.29, 0.717) is 0 Å². The highest BCUT2D eigenvalue weighted by Gasteiger charge is 2.22. The molecule has 106 valence electrons. The zero-order chi connectivity index (χ0) is 14.8. The summed E-state index contributed by atoms with van der Waals surface area (Å²) >= 11 is 0. The van der Waals surface area contributed by atoms with Crippen molar-refractivity contribution < 1.29 is 22.5 Å². The predicted octanol–water partition coefficient (Wildman–Crippen LogP) is 3.36. The van der Waals surface area contributed by atoms with Crippen molar-refractivity contribution in [1.82, 2.24) is 0 Å². The van der Waals surface area contributed by atoms with Crippen molar-refractivity contribution in [1.29, 1.82) is 0 Å². The molecule has 0 radical (unpaired) electrons. The third kappa shape index (κ3) is 4.27. The molecule has 0 aliphatic heterocycles. The molecule has 1 amide bonds. The highest BCUT2D eigenvalue weighted by atomic mass is 32.2. The van der Waals surface area contributed by atoms with E-state index in [4.69, 9.17) is 4.74 Å². The Morgan fingerprint density at radius 2 is 1.74 bits per heavy atom. The topological polar surface area (TPSA) is 55.7 Å². The summed E-state index contributed by atoms with van der Waals surface area (Å²) in [6.45, 7) is 4.80. The summed E-state index contributed by atoms with van der Waals surface area (Å²) in [5, 5.41) is 0. The van der Waals surface area contributed by atoms with Gasteiger partial charge in [0.1, 0.15) is 22.1 Å². The van der Waals surface area contributed by atoms with Gasteiger partial charge in [-0.1, -0.05) is 6.07 Å². The van der Waals surface area contributed by atoms with Crippen LogP contribution in [0.25, 0.3) is 0 Å². The molecule has 1 rings (SSSR count). The van der Waals surface area contributed by atoms with Crippen LogP contribution in [-0.4, -0.2) is 22.2 Å². The summed E-state index contributed by atoms with van der Waals surface area (Å²) in [6.07, 6.45) is -0.138. The van der Waals surface area contributed by atoms with Crippen molar-refractivity contribution in [2.24, 2.45) is 4.36 Å². The Morgan fingerprint density at radius 3 is 2.16 bits per heavy atom. The molecule has 19 heavy (non-hydrogen) atoms. The van der Waals surface area contributed by atoms with Gasteiger partial charge in [-0.05, 0) is 32.9 Å². The van der Waals surface area contributed by atoms with Crippen molar-refractivity contribution in [3.63, 3.8) is 0 Å². The van der Waals surface area contributed by atoms with Gasteiger partial charge in [-0.15, -0.1) is 4.36 Å². The van der Waals surface area contributed by atoms with Crippen LogP contribution >= 0.6 is 0 Å². The monoisotopic (exact) mass is 291 g/mol. The lowest BCUT2D eigenvalue weighted by molar-refractivity contribution is 0.0607. The molecule has 0 aliphatic carbocycles. The maximum atomic E-state index is 13.5. The Kier molecular flexibility index (Phi) is 4.29. The Bertz CT molecular complexity index is 594. The molecule has 0 saturated carbocycles. The Labute approximate surface area is 111 Å². The van der Waals surface area contributed by atoms with Gasteiger partial charge in [-0.25, -0.2) is 17.8 Å². The molecule has 0 heterocycles. The summed E-state index contributed by atoms with van der Waals surface area (Å²) < 4.78 is 47.3. The number of carbonyl (C=O) groups excluding carboxylic acids is 1. The van der Waals surface area contributed by atoms with Crippen LogP contribution in [0.2, 0.25) is 0 Å². The molecule has 1 atom stereocenters. The van der Waals surface area contributed by atoms with Gasteiger partial charge in [0, 0.05) is 6.26 Å². The number of carbonyl (C=O) groups is 1. The first-order valence-electron chi connectivity index (χ1n) is 5.42. The number of hydrogen-bond donors (Lipinski definition) is 0. The number of ether oxygens (including phenoxy) is 1. The van der Waals surface area contributed by atoms with Crippen LogP contribution < -0.4 is 0 Å². The van der Waals surface area contributed by atoms with Crippen LogP contribution in [0.3, 0.4) is 0 Å². The Morgan fingerprint density at radius 1 is 1.26 bits per heavy atom. The maximum absolute atomic E-state index is 13.5. The summed E-state index contributed by atoms with van der Waals surface area (Å²) in [5.41, 5.74) is -0.829. The van der Waals surface area contributed by atoms with Gasteiger partial charge in [-0.3, -0.25) is 0 Å². The van der Waals surface area contributed by atoms with Gasteiger partial charge in [0.15, 0.2) is 0 Å². The zero-order valence-electron chi connectivity index (χ0n) is 11.1. The van der Waals surface area contributed by atoms with E-state index in [1.807, 2.05) is 0 Å². The van der Waals surface area contributed by atoms with Crippen LogP contribution in [0.5, 0.6) is 0 Å². The van der Waals surface area contributed by atoms with Gasteiger partial charge in [-0.2, -0.15) is 0 Å². The standard InChI is InChI=1S/C12H15F2NO3S/c1-12(2,3)18-11(16)15-19(4,17)10-8(13)6-5-7-9(10)14/h5-7H,1-4H3. The number of hydrogen-bond acceptors (Lipinski definition) is 3. The van der Waals surface area contributed by atoms with E-state index in [1.165, 1.54) is 0 Å². The van der Waals surface area contributed by atoms with E-state index < -0.39 is 38.0 Å². The van der Waals surface area contributed by atoms with E-state index in [-0.39, 0.29) is 0 Å². The summed E-state index contributed by atoms with van der Waals surface area (Å²) in [7, 11) is -3.54. The normalized spacial score (nSPS) is 14.6. The van der Waals surface area contributed by atoms with E-state index >= 15 is 0 Å². The summed E-state index contributed by atoms with van der Waals surface area (Å²) in [4.78, 5) is 10.7. The lowest BCUT2D eigenvalue weighted by atomic mass is 10.2. The lowest BCUT2D eigenvalue weighted by Crippen LogP contribution is -2.22. The summed E-state index contributed by atoms with van der Waals surface area (Å²) in [6, 6.07) is 3.04. The fraction of sp³-hybridized carbons (Fsp3) is 0.417. The SMILES string of the molecule is CC(C)(C)OC(=O)N=S(C)(=O)c1c(F)cccc1F. The van der Waals surface area contributed by atoms with Gasteiger partial charge < -0.3 is 4.74 Å². The number of nitrogens with zero attached hydrogens (tertiary/aromatic N) is 1. The molecule has 0 saturated heterocycles. The second kappa shape index (κ2) is 5.24. The number of halogens is 2. The van der Waals surface area contributed by atoms with Crippen LogP contribution in [0, 0.1) is 11.6 Å². The minimum Gasteiger partial charge on any atom is -0.442 e. The first-order chi connectivity index (χ1) is 8.53. The van der Waals surface area contributed by atoms with E-state index in [1.54, 1.807) is 20.8 Å². The zero-order valence-corrected chi connectivity index (χ0v) is 11.9. The number of rotatable bonds is 1. The fourth-order valence-electron chi connectivity index (χ4n) is 1.31. The third-order valence-corrected chi connectivity index (χ3v) is 3.58. The molecule has 0 fully saturated rings. The van der Waals surface area contributed by atoms with Gasteiger partial charge >= 0.3 is 6.09 Å². The van der Waals surface area contributed by atoms with E-state index in [9.17, 15) is 17.8 Å². The van der Waals surface area contributed by atoms with Crippen molar-refractivity contribution in [2.75, 3.05) is 6.26 Å². The molecule has 4 nitrogen and oxygen atoms in total. The molecule has 1 unspecified atom stereocenters. The molecular formula is C12H15F2NO3S. The van der Waals surface area contributed by atoms with Crippen LogP contribution in [0.4, 0.5) is 13.6 Å². The highest BCUT2D eigenvalue weighted by Crippen LogP contribution is 2.21. The minimum atomic E-state index is -3.54. The lowest BCUT2D eigenvalue weighted by Gasteiger charge is -2.17. The quantitative estimate of drug-likeness (QED) is 0.797. The average molecular weight is 291 g/mol. The molecule has 0 aliphatic rings. The third-order valence-electron chi connectivity index (χ3n) is 1.94. The van der Waals surface area contributed by atoms with E-state index in [2.05, 4.69) is 4.36 Å². The van der Waals surface area contributed by atoms with E-state index in [0.717, 1.165) is 24.5 Å². The number of benzene rings is 1. The fourth-order valence-corrected chi connectivity index (χ4v) is 2.59. The van der Waals surface area contributed by atoms with Crippen LogP contribution in [0.15, 0.2) is 27.5 Å². The molecule has 0 bridgehead atoms. The van der Waals surface area contributed by atoms with Gasteiger partial charge in [0.05, 0.1) is 9.73 Å². The smallest absolute Gasteiger partial charge is 0.442 e. The van der Waals surface area contributed by atoms with Crippen molar-refractivity contribution >= 4 is 15.8 Å². The molecule has 0 N–H and O–H groups in total. The van der Waals surface area contributed by atoms with Gasteiger partial charge in [0.2, 0.25) is 0 Å². The summed E-state index contributed by atoms with van der Waals surface area (Å²) in [5.74, 6) is -2.03. The minimum absolute atomic E-state index is 0.721. The van der Waals surface area contributed by atoms with Crippen LogP contribution in [0.1, 0.15) is 20.8 Å². The first kappa shape index (κ1) is 15.6. The van der Waals surface area contributed by atoms with Gasteiger partial charge in [0.25, 0.3) is 0 Å². The second-order valence-corrected chi connectivity index (χ2v) is 7.12. The molecule has 0 aromatic heterocycles.